The van der Waals surface area contributed by atoms with Gasteiger partial charge in [-0.15, -0.1) is 11.3 Å². The second-order valence-electron chi connectivity index (χ2n) is 6.90. The summed E-state index contributed by atoms with van der Waals surface area (Å²) < 4.78 is 6.66. The Kier molecular flexibility index (Phi) is 8.14. The smallest absolute Gasteiger partial charge is 0.250 e. The molecule has 5 nitrogen and oxygen atoms in total. The molecule has 0 aliphatic carbocycles. The standard InChI is InChI=1S/C25H20ClN3O2S2/c26-22-12-5-4-10-20(22)15-31-21-11-6-7-18(13-21)14-27-29-24(30)17-33-25-28-23(16-32-25)19-8-2-1-3-9-19/h1-14,16H,15,17H2,(H,29,30)/b27-14+. The van der Waals surface area contributed by atoms with E-state index < -0.39 is 0 Å². The number of carbonyl (C=O) groups excluding carboxylic acids is 1. The van der Waals surface area contributed by atoms with Crippen LogP contribution in [0.5, 0.6) is 5.75 Å². The lowest BCUT2D eigenvalue weighted by Crippen LogP contribution is -2.19. The highest BCUT2D eigenvalue weighted by Crippen LogP contribution is 2.28. The molecule has 0 aliphatic rings. The third-order valence-electron chi connectivity index (χ3n) is 4.49. The summed E-state index contributed by atoms with van der Waals surface area (Å²) in [5, 5.41) is 6.71. The van der Waals surface area contributed by atoms with E-state index in [1.54, 1.807) is 6.21 Å². The number of thioether (sulfide) groups is 1. The Hall–Kier alpha value is -3.13. The summed E-state index contributed by atoms with van der Waals surface area (Å²) in [7, 11) is 0. The topological polar surface area (TPSA) is 63.6 Å². The molecule has 0 spiro atoms. The van der Waals surface area contributed by atoms with Gasteiger partial charge >= 0.3 is 0 Å². The number of thiazole rings is 1. The lowest BCUT2D eigenvalue weighted by molar-refractivity contribution is -0.118. The minimum absolute atomic E-state index is 0.196. The Morgan fingerprint density at radius 2 is 1.91 bits per heavy atom. The molecule has 3 aromatic carbocycles. The Morgan fingerprint density at radius 1 is 1.09 bits per heavy atom. The van der Waals surface area contributed by atoms with Gasteiger partial charge in [-0.1, -0.05) is 84.0 Å². The Labute approximate surface area is 205 Å². The van der Waals surface area contributed by atoms with Crippen LogP contribution in [0.4, 0.5) is 0 Å². The van der Waals surface area contributed by atoms with Gasteiger partial charge in [0.15, 0.2) is 4.34 Å². The molecule has 1 N–H and O–H groups in total. The minimum atomic E-state index is -0.196. The molecule has 0 aliphatic heterocycles. The molecule has 0 unspecified atom stereocenters. The highest BCUT2D eigenvalue weighted by Gasteiger charge is 2.07. The Morgan fingerprint density at radius 3 is 2.76 bits per heavy atom. The van der Waals surface area contributed by atoms with Crippen molar-refractivity contribution in [1.82, 2.24) is 10.4 Å². The highest BCUT2D eigenvalue weighted by atomic mass is 35.5. The zero-order valence-electron chi connectivity index (χ0n) is 17.5. The molecular formula is C25H20ClN3O2S2. The fraction of sp³-hybridized carbons (Fsp3) is 0.0800. The van der Waals surface area contributed by atoms with Crippen LogP contribution in [-0.2, 0) is 11.4 Å². The number of benzene rings is 3. The second kappa shape index (κ2) is 11.7. The summed E-state index contributed by atoms with van der Waals surface area (Å²) in [4.78, 5) is 16.7. The van der Waals surface area contributed by atoms with Gasteiger partial charge in [0.05, 0.1) is 17.7 Å². The fourth-order valence-corrected chi connectivity index (χ4v) is 4.68. The van der Waals surface area contributed by atoms with Crippen LogP contribution < -0.4 is 10.2 Å². The number of ether oxygens (including phenoxy) is 1. The van der Waals surface area contributed by atoms with Gasteiger partial charge in [0.1, 0.15) is 12.4 Å². The van der Waals surface area contributed by atoms with E-state index in [-0.39, 0.29) is 11.7 Å². The van der Waals surface area contributed by atoms with Crippen molar-refractivity contribution < 1.29 is 9.53 Å². The summed E-state index contributed by atoms with van der Waals surface area (Å²) >= 11 is 9.08. The summed E-state index contributed by atoms with van der Waals surface area (Å²) in [6.45, 7) is 0.372. The van der Waals surface area contributed by atoms with Gasteiger partial charge in [-0.25, -0.2) is 10.4 Å². The molecule has 4 rings (SSSR count). The fourth-order valence-electron chi connectivity index (χ4n) is 2.86. The Bertz CT molecular complexity index is 1250. The van der Waals surface area contributed by atoms with Crippen molar-refractivity contribution >= 4 is 46.8 Å². The first-order valence-corrected chi connectivity index (χ1v) is 12.3. The van der Waals surface area contributed by atoms with Gasteiger partial charge in [0.25, 0.3) is 5.91 Å². The van der Waals surface area contributed by atoms with Crippen molar-refractivity contribution in [3.63, 3.8) is 0 Å². The lowest BCUT2D eigenvalue weighted by Gasteiger charge is -2.08. The predicted molar refractivity (Wildman–Crippen MR) is 136 cm³/mol. The van der Waals surface area contributed by atoms with Gasteiger partial charge < -0.3 is 4.74 Å². The van der Waals surface area contributed by atoms with Gasteiger partial charge in [0.2, 0.25) is 0 Å². The van der Waals surface area contributed by atoms with E-state index in [1.165, 1.54) is 23.1 Å². The maximum absolute atomic E-state index is 12.1. The number of amides is 1. The zero-order chi connectivity index (χ0) is 22.9. The molecule has 166 valence electrons. The number of hydrogen-bond donors (Lipinski definition) is 1. The molecule has 0 radical (unpaired) electrons. The van der Waals surface area contributed by atoms with Gasteiger partial charge in [0, 0.05) is 21.5 Å². The first-order valence-electron chi connectivity index (χ1n) is 10.1. The van der Waals surface area contributed by atoms with E-state index in [0.29, 0.717) is 17.4 Å². The van der Waals surface area contributed by atoms with E-state index >= 15 is 0 Å². The van der Waals surface area contributed by atoms with Gasteiger partial charge in [-0.3, -0.25) is 4.79 Å². The van der Waals surface area contributed by atoms with Crippen molar-refractivity contribution in [3.05, 3.63) is 100 Å². The number of rotatable bonds is 9. The minimum Gasteiger partial charge on any atom is -0.489 e. The van der Waals surface area contributed by atoms with Crippen LogP contribution >= 0.6 is 34.7 Å². The molecule has 33 heavy (non-hydrogen) atoms. The maximum atomic E-state index is 12.1. The van der Waals surface area contributed by atoms with Crippen LogP contribution in [-0.4, -0.2) is 22.9 Å². The molecule has 8 heteroatoms. The molecule has 0 fully saturated rings. The van der Waals surface area contributed by atoms with Crippen molar-refractivity contribution in [3.8, 4) is 17.0 Å². The Balaban J connectivity index is 1.24. The van der Waals surface area contributed by atoms with Crippen molar-refractivity contribution in [2.24, 2.45) is 5.10 Å². The van der Waals surface area contributed by atoms with E-state index in [4.69, 9.17) is 16.3 Å². The average molecular weight is 494 g/mol. The molecule has 1 heterocycles. The monoisotopic (exact) mass is 493 g/mol. The van der Waals surface area contributed by atoms with Crippen molar-refractivity contribution in [2.45, 2.75) is 10.9 Å². The SMILES string of the molecule is O=C(CSc1nc(-c2ccccc2)cs1)N/N=C/c1cccc(OCc2ccccc2Cl)c1. The predicted octanol–water partition coefficient (Wildman–Crippen LogP) is 6.28. The third-order valence-corrected chi connectivity index (χ3v) is 6.88. The molecule has 0 saturated heterocycles. The van der Waals surface area contributed by atoms with Gasteiger partial charge in [-0.05, 0) is 23.8 Å². The lowest BCUT2D eigenvalue weighted by atomic mass is 10.2. The largest absolute Gasteiger partial charge is 0.489 e. The van der Waals surface area contributed by atoms with Crippen LogP contribution in [0.15, 0.2) is 93.7 Å². The first kappa shape index (κ1) is 23.0. The van der Waals surface area contributed by atoms with Crippen LogP contribution in [0.1, 0.15) is 11.1 Å². The molecule has 0 saturated carbocycles. The molecule has 4 aromatic rings. The number of hydrogen-bond acceptors (Lipinski definition) is 6. The second-order valence-corrected chi connectivity index (χ2v) is 9.39. The molecule has 0 bridgehead atoms. The van der Waals surface area contributed by atoms with E-state index in [1.807, 2.05) is 84.2 Å². The quantitative estimate of drug-likeness (QED) is 0.169. The average Bonchev–Trinajstić information content (AvgIpc) is 3.32. The molecular weight excluding hydrogens is 474 g/mol. The van der Waals surface area contributed by atoms with Crippen LogP contribution in [0, 0.1) is 0 Å². The number of halogens is 1. The summed E-state index contributed by atoms with van der Waals surface area (Å²) in [5.41, 5.74) is 6.26. The normalized spacial score (nSPS) is 10.9. The van der Waals surface area contributed by atoms with E-state index in [9.17, 15) is 4.79 Å². The van der Waals surface area contributed by atoms with Crippen LogP contribution in [0.25, 0.3) is 11.3 Å². The van der Waals surface area contributed by atoms with E-state index in [2.05, 4.69) is 15.5 Å². The van der Waals surface area contributed by atoms with Gasteiger partial charge in [-0.2, -0.15) is 5.10 Å². The van der Waals surface area contributed by atoms with Crippen LogP contribution in [0.2, 0.25) is 5.02 Å². The summed E-state index contributed by atoms with van der Waals surface area (Å²) in [5.74, 6) is 0.734. The number of aromatic nitrogens is 1. The molecule has 1 amide bonds. The number of hydrazone groups is 1. The summed E-state index contributed by atoms with van der Waals surface area (Å²) in [6, 6.07) is 25.0. The van der Waals surface area contributed by atoms with Crippen molar-refractivity contribution in [1.29, 1.82) is 0 Å². The zero-order valence-corrected chi connectivity index (χ0v) is 19.9. The number of nitrogens with zero attached hydrogens (tertiary/aromatic N) is 2. The van der Waals surface area contributed by atoms with Crippen LogP contribution in [0.3, 0.4) is 0 Å². The number of carbonyl (C=O) groups is 1. The molecule has 0 atom stereocenters. The van der Waals surface area contributed by atoms with E-state index in [0.717, 1.165) is 26.7 Å². The number of nitrogens with one attached hydrogen (secondary N) is 1. The third kappa shape index (κ3) is 6.92. The molecule has 1 aromatic heterocycles. The highest BCUT2D eigenvalue weighted by molar-refractivity contribution is 8.01. The first-order chi connectivity index (χ1) is 16.2. The van der Waals surface area contributed by atoms with Crippen molar-refractivity contribution in [2.75, 3.05) is 5.75 Å². The summed E-state index contributed by atoms with van der Waals surface area (Å²) in [6.07, 6.45) is 1.59. The maximum Gasteiger partial charge on any atom is 0.250 e.